The van der Waals surface area contributed by atoms with Crippen LogP contribution in [0.2, 0.25) is 0 Å². The molecule has 4 nitrogen and oxygen atoms in total. The van der Waals surface area contributed by atoms with E-state index in [4.69, 9.17) is 4.74 Å². The topological polar surface area (TPSA) is 63.6 Å². The first-order valence-electron chi connectivity index (χ1n) is 6.97. The number of hydrogen-bond donors (Lipinski definition) is 1. The number of rotatable bonds is 4. The van der Waals surface area contributed by atoms with Gasteiger partial charge in [-0.2, -0.15) is 0 Å². The minimum absolute atomic E-state index is 0.0244. The highest BCUT2D eigenvalue weighted by Crippen LogP contribution is 2.29. The normalized spacial score (nSPS) is 10.3. The van der Waals surface area contributed by atoms with Gasteiger partial charge in [-0.15, -0.1) is 0 Å². The van der Waals surface area contributed by atoms with Gasteiger partial charge in [-0.25, -0.2) is 0 Å². The van der Waals surface area contributed by atoms with Crippen molar-refractivity contribution in [1.29, 1.82) is 0 Å². The lowest BCUT2D eigenvalue weighted by atomic mass is 9.98. The Kier molecular flexibility index (Phi) is 4.61. The number of hydrogen-bond acceptors (Lipinski definition) is 4. The van der Waals surface area contributed by atoms with Crippen LogP contribution in [-0.2, 0) is 11.2 Å². The van der Waals surface area contributed by atoms with Crippen molar-refractivity contribution in [2.24, 2.45) is 0 Å². The highest BCUT2D eigenvalue weighted by molar-refractivity contribution is 5.94. The van der Waals surface area contributed by atoms with Crippen LogP contribution in [0.5, 0.6) is 11.5 Å². The number of ether oxygens (including phenoxy) is 1. The molecular formula is C18H18O4. The standard InChI is InChI=1S/C18H18O4/c1-11-8-16(22-13(3)20)10-18(21)17(11)9-14-4-6-15(7-5-14)12(2)19/h4-8,10,21H,9H2,1-3H3. The van der Waals surface area contributed by atoms with Crippen molar-refractivity contribution in [2.45, 2.75) is 27.2 Å². The molecule has 114 valence electrons. The Morgan fingerprint density at radius 3 is 2.23 bits per heavy atom. The lowest BCUT2D eigenvalue weighted by Gasteiger charge is -2.11. The van der Waals surface area contributed by atoms with E-state index >= 15 is 0 Å². The van der Waals surface area contributed by atoms with Crippen LogP contribution in [0.4, 0.5) is 0 Å². The summed E-state index contributed by atoms with van der Waals surface area (Å²) in [6.07, 6.45) is 0.538. The molecule has 0 aromatic heterocycles. The highest BCUT2D eigenvalue weighted by atomic mass is 16.5. The predicted octanol–water partition coefficient (Wildman–Crippen LogP) is 3.42. The number of esters is 1. The molecule has 0 aliphatic rings. The second kappa shape index (κ2) is 6.43. The zero-order chi connectivity index (χ0) is 16.3. The molecule has 0 fully saturated rings. The van der Waals surface area contributed by atoms with E-state index in [0.29, 0.717) is 17.7 Å². The second-order valence-electron chi connectivity index (χ2n) is 5.26. The molecule has 2 aromatic rings. The van der Waals surface area contributed by atoms with Crippen molar-refractivity contribution >= 4 is 11.8 Å². The summed E-state index contributed by atoms with van der Waals surface area (Å²) < 4.78 is 4.99. The van der Waals surface area contributed by atoms with Crippen LogP contribution < -0.4 is 4.74 Å². The van der Waals surface area contributed by atoms with Crippen molar-refractivity contribution in [2.75, 3.05) is 0 Å². The zero-order valence-electron chi connectivity index (χ0n) is 12.8. The molecular weight excluding hydrogens is 280 g/mol. The molecule has 0 spiro atoms. The quantitative estimate of drug-likeness (QED) is 0.533. The highest BCUT2D eigenvalue weighted by Gasteiger charge is 2.11. The molecule has 0 bridgehead atoms. The summed E-state index contributed by atoms with van der Waals surface area (Å²) in [7, 11) is 0. The van der Waals surface area contributed by atoms with Crippen molar-refractivity contribution in [3.63, 3.8) is 0 Å². The Hall–Kier alpha value is -2.62. The van der Waals surface area contributed by atoms with Crippen LogP contribution in [0.25, 0.3) is 0 Å². The second-order valence-corrected chi connectivity index (χ2v) is 5.26. The van der Waals surface area contributed by atoms with Crippen LogP contribution in [-0.4, -0.2) is 16.9 Å². The Morgan fingerprint density at radius 1 is 1.09 bits per heavy atom. The lowest BCUT2D eigenvalue weighted by Crippen LogP contribution is -2.02. The van der Waals surface area contributed by atoms with E-state index in [2.05, 4.69) is 0 Å². The molecule has 22 heavy (non-hydrogen) atoms. The molecule has 1 N–H and O–H groups in total. The molecule has 2 rings (SSSR count). The molecule has 0 aliphatic heterocycles. The van der Waals surface area contributed by atoms with E-state index in [-0.39, 0.29) is 11.5 Å². The van der Waals surface area contributed by atoms with E-state index in [1.54, 1.807) is 18.2 Å². The van der Waals surface area contributed by atoms with Gasteiger partial charge in [0.2, 0.25) is 0 Å². The Balaban J connectivity index is 2.25. The summed E-state index contributed by atoms with van der Waals surface area (Å²) in [5.41, 5.74) is 3.26. The Morgan fingerprint density at radius 2 is 1.73 bits per heavy atom. The number of aryl methyl sites for hydroxylation is 1. The molecule has 0 aliphatic carbocycles. The summed E-state index contributed by atoms with van der Waals surface area (Å²) >= 11 is 0. The first-order chi connectivity index (χ1) is 10.4. The maximum atomic E-state index is 11.3. The zero-order valence-corrected chi connectivity index (χ0v) is 12.8. The summed E-state index contributed by atoms with van der Waals surface area (Å²) in [5.74, 6) is 0.0211. The molecule has 0 saturated heterocycles. The van der Waals surface area contributed by atoms with Crippen LogP contribution >= 0.6 is 0 Å². The third kappa shape index (κ3) is 3.73. The fraction of sp³-hybridized carbons (Fsp3) is 0.222. The maximum absolute atomic E-state index is 11.3. The van der Waals surface area contributed by atoms with E-state index < -0.39 is 5.97 Å². The van der Waals surface area contributed by atoms with Gasteiger partial charge in [0.25, 0.3) is 0 Å². The minimum Gasteiger partial charge on any atom is -0.508 e. The molecule has 0 heterocycles. The van der Waals surface area contributed by atoms with E-state index in [1.807, 2.05) is 19.1 Å². The lowest BCUT2D eigenvalue weighted by molar-refractivity contribution is -0.131. The van der Waals surface area contributed by atoms with E-state index in [1.165, 1.54) is 19.9 Å². The van der Waals surface area contributed by atoms with Crippen LogP contribution in [0.15, 0.2) is 36.4 Å². The van der Waals surface area contributed by atoms with Gasteiger partial charge in [0, 0.05) is 30.5 Å². The number of aromatic hydroxyl groups is 1. The monoisotopic (exact) mass is 298 g/mol. The Labute approximate surface area is 129 Å². The smallest absolute Gasteiger partial charge is 0.308 e. The minimum atomic E-state index is -0.425. The third-order valence-electron chi connectivity index (χ3n) is 3.43. The van der Waals surface area contributed by atoms with Crippen LogP contribution in [0.3, 0.4) is 0 Å². The average Bonchev–Trinajstić information content (AvgIpc) is 2.42. The van der Waals surface area contributed by atoms with Crippen LogP contribution in [0, 0.1) is 6.92 Å². The van der Waals surface area contributed by atoms with Crippen molar-refractivity contribution in [3.8, 4) is 11.5 Å². The third-order valence-corrected chi connectivity index (χ3v) is 3.43. The van der Waals surface area contributed by atoms with Gasteiger partial charge in [-0.3, -0.25) is 9.59 Å². The van der Waals surface area contributed by atoms with Crippen molar-refractivity contribution in [3.05, 3.63) is 58.7 Å². The maximum Gasteiger partial charge on any atom is 0.308 e. The summed E-state index contributed by atoms with van der Waals surface area (Å²) in [6, 6.07) is 10.5. The molecule has 0 saturated carbocycles. The number of ketones is 1. The van der Waals surface area contributed by atoms with Gasteiger partial charge in [0.15, 0.2) is 5.78 Å². The first-order valence-corrected chi connectivity index (χ1v) is 6.97. The first kappa shape index (κ1) is 15.8. The molecule has 0 amide bonds. The summed E-state index contributed by atoms with van der Waals surface area (Å²) in [4.78, 5) is 22.2. The van der Waals surface area contributed by atoms with Gasteiger partial charge < -0.3 is 9.84 Å². The largest absolute Gasteiger partial charge is 0.508 e. The number of phenols is 1. The molecule has 0 atom stereocenters. The van der Waals surface area contributed by atoms with E-state index in [9.17, 15) is 14.7 Å². The van der Waals surface area contributed by atoms with Gasteiger partial charge in [0.1, 0.15) is 11.5 Å². The summed E-state index contributed by atoms with van der Waals surface area (Å²) in [5, 5.41) is 10.1. The number of carbonyl (C=O) groups excluding carboxylic acids is 2. The fourth-order valence-electron chi connectivity index (χ4n) is 2.28. The molecule has 0 unspecified atom stereocenters. The van der Waals surface area contributed by atoms with Crippen LogP contribution in [0.1, 0.15) is 40.9 Å². The van der Waals surface area contributed by atoms with E-state index in [0.717, 1.165) is 16.7 Å². The van der Waals surface area contributed by atoms with Crippen molar-refractivity contribution < 1.29 is 19.4 Å². The predicted molar refractivity (Wildman–Crippen MR) is 83.4 cm³/mol. The average molecular weight is 298 g/mol. The van der Waals surface area contributed by atoms with Gasteiger partial charge in [0.05, 0.1) is 0 Å². The van der Waals surface area contributed by atoms with Gasteiger partial charge in [-0.1, -0.05) is 24.3 Å². The van der Waals surface area contributed by atoms with Crippen molar-refractivity contribution in [1.82, 2.24) is 0 Å². The molecule has 2 aromatic carbocycles. The number of phenolic OH excluding ortho intramolecular Hbond substituents is 1. The fourth-order valence-corrected chi connectivity index (χ4v) is 2.28. The molecule has 4 heteroatoms. The van der Waals surface area contributed by atoms with Gasteiger partial charge in [-0.05, 0) is 31.0 Å². The van der Waals surface area contributed by atoms with Gasteiger partial charge >= 0.3 is 5.97 Å². The number of carbonyl (C=O) groups is 2. The molecule has 0 radical (unpaired) electrons. The SMILES string of the molecule is CC(=O)Oc1cc(C)c(Cc2ccc(C(C)=O)cc2)c(O)c1. The Bertz CT molecular complexity index is 691. The summed E-state index contributed by atoms with van der Waals surface area (Å²) in [6.45, 7) is 4.70. The number of benzene rings is 2. The number of Topliss-reactive ketones (excluding diaryl/α,β-unsaturated/α-hetero) is 1.